The molecule has 0 radical (unpaired) electrons. The number of methoxy groups -OCH3 is 1. The Labute approximate surface area is 81.9 Å². The second-order valence-electron chi connectivity index (χ2n) is 2.74. The SMILES string of the molecule is COC(=O)CCCn1ccnc1C#N. The minimum absolute atomic E-state index is 0.233. The first kappa shape index (κ1) is 10.3. The van der Waals surface area contributed by atoms with Gasteiger partial charge in [-0.1, -0.05) is 0 Å². The highest BCUT2D eigenvalue weighted by molar-refractivity contribution is 5.68. The molecule has 0 amide bonds. The Kier molecular flexibility index (Phi) is 3.68. The molecule has 0 N–H and O–H groups in total. The molecule has 0 aliphatic rings. The largest absolute Gasteiger partial charge is 0.469 e. The van der Waals surface area contributed by atoms with Crippen molar-refractivity contribution in [2.45, 2.75) is 19.4 Å². The summed E-state index contributed by atoms with van der Waals surface area (Å²) in [6.45, 7) is 0.609. The van der Waals surface area contributed by atoms with Crippen molar-refractivity contribution in [3.8, 4) is 6.07 Å². The highest BCUT2D eigenvalue weighted by Crippen LogP contribution is 2.00. The predicted molar refractivity (Wildman–Crippen MR) is 48.2 cm³/mol. The molecule has 14 heavy (non-hydrogen) atoms. The van der Waals surface area contributed by atoms with Gasteiger partial charge >= 0.3 is 5.97 Å². The lowest BCUT2D eigenvalue weighted by Gasteiger charge is -2.02. The smallest absolute Gasteiger partial charge is 0.305 e. The number of aryl methyl sites for hydroxylation is 1. The summed E-state index contributed by atoms with van der Waals surface area (Å²) in [6.07, 6.45) is 4.30. The first-order valence-electron chi connectivity index (χ1n) is 4.26. The van der Waals surface area contributed by atoms with Crippen LogP contribution in [0.5, 0.6) is 0 Å². The molecule has 1 rings (SSSR count). The van der Waals surface area contributed by atoms with Gasteiger partial charge in [-0.2, -0.15) is 5.26 Å². The van der Waals surface area contributed by atoms with E-state index in [1.54, 1.807) is 17.0 Å². The second kappa shape index (κ2) is 5.02. The van der Waals surface area contributed by atoms with Gasteiger partial charge in [-0.15, -0.1) is 0 Å². The number of imidazole rings is 1. The topological polar surface area (TPSA) is 67.9 Å². The normalized spacial score (nSPS) is 9.43. The van der Waals surface area contributed by atoms with Crippen LogP contribution in [-0.2, 0) is 16.1 Å². The average Bonchev–Trinajstić information content (AvgIpc) is 2.65. The van der Waals surface area contributed by atoms with Crippen molar-refractivity contribution in [2.24, 2.45) is 0 Å². The first-order chi connectivity index (χ1) is 6.77. The second-order valence-corrected chi connectivity index (χ2v) is 2.74. The maximum absolute atomic E-state index is 10.8. The highest BCUT2D eigenvalue weighted by Gasteiger charge is 2.03. The lowest BCUT2D eigenvalue weighted by atomic mass is 10.3. The number of carbonyl (C=O) groups excluding carboxylic acids is 1. The van der Waals surface area contributed by atoms with Gasteiger partial charge in [0.1, 0.15) is 6.07 Å². The minimum Gasteiger partial charge on any atom is -0.469 e. The van der Waals surface area contributed by atoms with Gasteiger partial charge in [0.2, 0.25) is 5.82 Å². The fraction of sp³-hybridized carbons (Fsp3) is 0.444. The standard InChI is InChI=1S/C9H11N3O2/c1-14-9(13)3-2-5-12-6-4-11-8(12)7-10/h4,6H,2-3,5H2,1H3. The molecule has 0 fully saturated rings. The van der Waals surface area contributed by atoms with Crippen LogP contribution >= 0.6 is 0 Å². The number of hydrogen-bond donors (Lipinski definition) is 0. The average molecular weight is 193 g/mol. The summed E-state index contributed by atoms with van der Waals surface area (Å²) in [5, 5.41) is 8.64. The molecule has 1 aromatic heterocycles. The van der Waals surface area contributed by atoms with Crippen LogP contribution in [0.4, 0.5) is 0 Å². The van der Waals surface area contributed by atoms with E-state index in [0.29, 0.717) is 25.2 Å². The van der Waals surface area contributed by atoms with E-state index >= 15 is 0 Å². The quantitative estimate of drug-likeness (QED) is 0.660. The molecule has 0 atom stereocenters. The predicted octanol–water partition coefficient (Wildman–Crippen LogP) is 0.708. The van der Waals surface area contributed by atoms with E-state index in [-0.39, 0.29) is 5.97 Å². The van der Waals surface area contributed by atoms with Crippen LogP contribution in [0.2, 0.25) is 0 Å². The number of ether oxygens (including phenoxy) is 1. The summed E-state index contributed by atoms with van der Waals surface area (Å²) in [5.41, 5.74) is 0. The van der Waals surface area contributed by atoms with Crippen LogP contribution in [-0.4, -0.2) is 22.6 Å². The van der Waals surface area contributed by atoms with Gasteiger partial charge < -0.3 is 9.30 Å². The Morgan fingerprint density at radius 2 is 2.57 bits per heavy atom. The monoisotopic (exact) mass is 193 g/mol. The van der Waals surface area contributed by atoms with E-state index in [9.17, 15) is 4.79 Å². The van der Waals surface area contributed by atoms with Gasteiger partial charge in [-0.3, -0.25) is 4.79 Å². The number of aromatic nitrogens is 2. The zero-order valence-electron chi connectivity index (χ0n) is 7.93. The third-order valence-corrected chi connectivity index (χ3v) is 1.82. The van der Waals surface area contributed by atoms with Crippen molar-refractivity contribution in [2.75, 3.05) is 7.11 Å². The van der Waals surface area contributed by atoms with E-state index in [1.807, 2.05) is 6.07 Å². The molecular formula is C9H11N3O2. The van der Waals surface area contributed by atoms with Gasteiger partial charge in [0.05, 0.1) is 7.11 Å². The number of hydrogen-bond acceptors (Lipinski definition) is 4. The van der Waals surface area contributed by atoms with Crippen LogP contribution in [0.1, 0.15) is 18.7 Å². The fourth-order valence-corrected chi connectivity index (χ4v) is 1.10. The van der Waals surface area contributed by atoms with Gasteiger partial charge in [-0.25, -0.2) is 4.98 Å². The van der Waals surface area contributed by atoms with E-state index in [4.69, 9.17) is 5.26 Å². The van der Waals surface area contributed by atoms with Crippen LogP contribution in [0.3, 0.4) is 0 Å². The van der Waals surface area contributed by atoms with E-state index < -0.39 is 0 Å². The molecule has 1 aromatic rings. The highest BCUT2D eigenvalue weighted by atomic mass is 16.5. The molecule has 74 valence electrons. The van der Waals surface area contributed by atoms with Gasteiger partial charge in [0.15, 0.2) is 0 Å². The molecule has 0 bridgehead atoms. The number of nitrogens with zero attached hydrogens (tertiary/aromatic N) is 3. The Morgan fingerprint density at radius 3 is 3.21 bits per heavy atom. The van der Waals surface area contributed by atoms with Crippen molar-refractivity contribution in [1.82, 2.24) is 9.55 Å². The molecule has 5 heteroatoms. The Balaban J connectivity index is 2.39. The first-order valence-corrected chi connectivity index (χ1v) is 4.26. The lowest BCUT2D eigenvalue weighted by Crippen LogP contribution is -2.05. The summed E-state index contributed by atoms with van der Waals surface area (Å²) in [7, 11) is 1.36. The molecule has 0 saturated heterocycles. The molecule has 0 aromatic carbocycles. The fourth-order valence-electron chi connectivity index (χ4n) is 1.10. The van der Waals surface area contributed by atoms with Crippen molar-refractivity contribution < 1.29 is 9.53 Å². The molecule has 0 saturated carbocycles. The molecule has 5 nitrogen and oxygen atoms in total. The zero-order chi connectivity index (χ0) is 10.4. The van der Waals surface area contributed by atoms with Crippen LogP contribution < -0.4 is 0 Å². The summed E-state index contributed by atoms with van der Waals surface area (Å²) >= 11 is 0. The summed E-state index contributed by atoms with van der Waals surface area (Å²) in [5.74, 6) is 0.137. The third kappa shape index (κ3) is 2.59. The third-order valence-electron chi connectivity index (χ3n) is 1.82. The van der Waals surface area contributed by atoms with Gasteiger partial charge in [0, 0.05) is 25.4 Å². The van der Waals surface area contributed by atoms with Crippen molar-refractivity contribution in [1.29, 1.82) is 5.26 Å². The number of nitriles is 1. The van der Waals surface area contributed by atoms with Crippen molar-refractivity contribution in [3.63, 3.8) is 0 Å². The van der Waals surface area contributed by atoms with Crippen LogP contribution in [0.15, 0.2) is 12.4 Å². The van der Waals surface area contributed by atoms with Crippen LogP contribution in [0, 0.1) is 11.3 Å². The van der Waals surface area contributed by atoms with Crippen LogP contribution in [0.25, 0.3) is 0 Å². The zero-order valence-corrected chi connectivity index (χ0v) is 7.93. The molecule has 0 aliphatic carbocycles. The van der Waals surface area contributed by atoms with E-state index in [2.05, 4.69) is 9.72 Å². The van der Waals surface area contributed by atoms with Gasteiger partial charge in [-0.05, 0) is 6.42 Å². The molecule has 0 spiro atoms. The van der Waals surface area contributed by atoms with E-state index in [0.717, 1.165) is 0 Å². The molecule has 1 heterocycles. The molecular weight excluding hydrogens is 182 g/mol. The Morgan fingerprint density at radius 1 is 1.79 bits per heavy atom. The maximum Gasteiger partial charge on any atom is 0.305 e. The number of rotatable bonds is 4. The Bertz CT molecular complexity index is 351. The molecule has 0 unspecified atom stereocenters. The maximum atomic E-state index is 10.8. The molecule has 0 aliphatic heterocycles. The summed E-state index contributed by atoms with van der Waals surface area (Å²) in [4.78, 5) is 14.6. The van der Waals surface area contributed by atoms with Crippen molar-refractivity contribution in [3.05, 3.63) is 18.2 Å². The lowest BCUT2D eigenvalue weighted by molar-refractivity contribution is -0.140. The van der Waals surface area contributed by atoms with Crippen molar-refractivity contribution >= 4 is 5.97 Å². The van der Waals surface area contributed by atoms with Gasteiger partial charge in [0.25, 0.3) is 0 Å². The summed E-state index contributed by atoms with van der Waals surface area (Å²) in [6, 6.07) is 1.96. The summed E-state index contributed by atoms with van der Waals surface area (Å²) < 4.78 is 6.21. The number of esters is 1. The van der Waals surface area contributed by atoms with E-state index in [1.165, 1.54) is 7.11 Å². The minimum atomic E-state index is -0.233. The number of carbonyl (C=O) groups is 1. The Hall–Kier alpha value is -1.83.